The highest BCUT2D eigenvalue weighted by Crippen LogP contribution is 2.22. The molecule has 1 amide bonds. The number of unbranched alkanes of at least 4 members (excludes halogenated alkanes) is 1. The number of anilines is 2. The van der Waals surface area contributed by atoms with Crippen LogP contribution in [0.15, 0.2) is 42.7 Å². The average Bonchev–Trinajstić information content (AvgIpc) is 2.70. The summed E-state index contributed by atoms with van der Waals surface area (Å²) in [7, 11) is 0. The Hall–Kier alpha value is -2.76. The molecule has 0 unspecified atom stereocenters. The maximum absolute atomic E-state index is 12.6. The van der Waals surface area contributed by atoms with Crippen LogP contribution in [0.2, 0.25) is 0 Å². The predicted octanol–water partition coefficient (Wildman–Crippen LogP) is 2.73. The SMILES string of the molecule is CCCCOc1ccc(CC(=O)N2CCN(c3cnccc3N)CC2)cc1. The van der Waals surface area contributed by atoms with E-state index in [1.165, 1.54) is 0 Å². The van der Waals surface area contributed by atoms with Crippen LogP contribution in [0, 0.1) is 0 Å². The predicted molar refractivity (Wildman–Crippen MR) is 108 cm³/mol. The fourth-order valence-corrected chi connectivity index (χ4v) is 3.18. The van der Waals surface area contributed by atoms with Crippen LogP contribution in [0.5, 0.6) is 5.75 Å². The van der Waals surface area contributed by atoms with E-state index in [-0.39, 0.29) is 5.91 Å². The summed E-state index contributed by atoms with van der Waals surface area (Å²) in [6.45, 7) is 5.82. The van der Waals surface area contributed by atoms with Crippen molar-refractivity contribution in [2.24, 2.45) is 0 Å². The van der Waals surface area contributed by atoms with Gasteiger partial charge in [0.25, 0.3) is 0 Å². The van der Waals surface area contributed by atoms with Gasteiger partial charge in [-0.15, -0.1) is 0 Å². The maximum Gasteiger partial charge on any atom is 0.227 e. The Balaban J connectivity index is 1.49. The second kappa shape index (κ2) is 9.26. The molecule has 1 aliphatic rings. The summed E-state index contributed by atoms with van der Waals surface area (Å²) in [5.74, 6) is 1.02. The number of nitrogens with zero attached hydrogens (tertiary/aromatic N) is 3. The Morgan fingerprint density at radius 3 is 2.56 bits per heavy atom. The summed E-state index contributed by atoms with van der Waals surface area (Å²) in [5.41, 5.74) is 8.72. The molecular weight excluding hydrogens is 340 g/mol. The zero-order chi connectivity index (χ0) is 19.1. The van der Waals surface area contributed by atoms with Crippen LogP contribution in [0.3, 0.4) is 0 Å². The number of nitrogens with two attached hydrogens (primary N) is 1. The van der Waals surface area contributed by atoms with Gasteiger partial charge in [-0.2, -0.15) is 0 Å². The number of carbonyl (C=O) groups is 1. The number of aromatic nitrogens is 1. The number of ether oxygens (including phenoxy) is 1. The van der Waals surface area contributed by atoms with Crippen LogP contribution in [0.4, 0.5) is 11.4 Å². The third kappa shape index (κ3) is 5.12. The number of carbonyl (C=O) groups excluding carboxylic acids is 1. The molecular formula is C21H28N4O2. The first-order chi connectivity index (χ1) is 13.2. The highest BCUT2D eigenvalue weighted by molar-refractivity contribution is 5.79. The van der Waals surface area contributed by atoms with Crippen LogP contribution in [-0.4, -0.2) is 48.6 Å². The zero-order valence-electron chi connectivity index (χ0n) is 15.9. The molecule has 3 rings (SSSR count). The van der Waals surface area contributed by atoms with Crippen LogP contribution in [0.25, 0.3) is 0 Å². The van der Waals surface area contributed by atoms with E-state index in [0.29, 0.717) is 19.5 Å². The molecule has 1 saturated heterocycles. The van der Waals surface area contributed by atoms with Crippen molar-refractivity contribution in [2.75, 3.05) is 43.4 Å². The van der Waals surface area contributed by atoms with E-state index in [9.17, 15) is 4.79 Å². The summed E-state index contributed by atoms with van der Waals surface area (Å²) in [4.78, 5) is 20.9. The largest absolute Gasteiger partial charge is 0.494 e. The number of hydrogen-bond donors (Lipinski definition) is 1. The first-order valence-corrected chi connectivity index (χ1v) is 9.61. The second-order valence-electron chi connectivity index (χ2n) is 6.83. The van der Waals surface area contributed by atoms with Gasteiger partial charge in [0.2, 0.25) is 5.91 Å². The Kier molecular flexibility index (Phi) is 6.52. The van der Waals surface area contributed by atoms with Crippen molar-refractivity contribution in [3.8, 4) is 5.75 Å². The number of pyridine rings is 1. The van der Waals surface area contributed by atoms with Crippen molar-refractivity contribution in [2.45, 2.75) is 26.2 Å². The van der Waals surface area contributed by atoms with Crippen LogP contribution in [0.1, 0.15) is 25.3 Å². The smallest absolute Gasteiger partial charge is 0.227 e. The summed E-state index contributed by atoms with van der Waals surface area (Å²) in [5, 5.41) is 0. The Bertz CT molecular complexity index is 740. The highest BCUT2D eigenvalue weighted by atomic mass is 16.5. The van der Waals surface area contributed by atoms with Crippen molar-refractivity contribution in [1.82, 2.24) is 9.88 Å². The molecule has 0 atom stereocenters. The molecule has 27 heavy (non-hydrogen) atoms. The molecule has 144 valence electrons. The lowest BCUT2D eigenvalue weighted by Crippen LogP contribution is -2.49. The molecule has 0 spiro atoms. The molecule has 2 aromatic rings. The molecule has 6 heteroatoms. The number of nitrogen functional groups attached to an aromatic ring is 1. The summed E-state index contributed by atoms with van der Waals surface area (Å²) in [6, 6.07) is 9.66. The Morgan fingerprint density at radius 2 is 1.89 bits per heavy atom. The standard InChI is InChI=1S/C21H28N4O2/c1-2-3-14-27-18-6-4-17(5-7-18)15-21(26)25-12-10-24(11-13-25)20-16-23-9-8-19(20)22/h4-9,16H,2-3,10-15H2,1H3,(H2,22,23). The van der Waals surface area contributed by atoms with Crippen LogP contribution in [-0.2, 0) is 11.2 Å². The van der Waals surface area contributed by atoms with E-state index in [2.05, 4.69) is 16.8 Å². The quantitative estimate of drug-likeness (QED) is 0.761. The lowest BCUT2D eigenvalue weighted by molar-refractivity contribution is -0.130. The lowest BCUT2D eigenvalue weighted by atomic mass is 10.1. The van der Waals surface area contributed by atoms with Gasteiger partial charge in [-0.1, -0.05) is 25.5 Å². The first kappa shape index (κ1) is 19.0. The van der Waals surface area contributed by atoms with Gasteiger partial charge in [-0.25, -0.2) is 0 Å². The number of rotatable bonds is 7. The summed E-state index contributed by atoms with van der Waals surface area (Å²) in [6.07, 6.45) is 6.07. The van der Waals surface area contributed by atoms with Crippen molar-refractivity contribution >= 4 is 17.3 Å². The van der Waals surface area contributed by atoms with Crippen LogP contribution < -0.4 is 15.4 Å². The van der Waals surface area contributed by atoms with Gasteiger partial charge < -0.3 is 20.3 Å². The van der Waals surface area contributed by atoms with Gasteiger partial charge >= 0.3 is 0 Å². The van der Waals surface area contributed by atoms with Gasteiger partial charge in [0.05, 0.1) is 30.6 Å². The van der Waals surface area contributed by atoms with E-state index < -0.39 is 0 Å². The maximum atomic E-state index is 12.6. The van der Waals surface area contributed by atoms with Crippen molar-refractivity contribution < 1.29 is 9.53 Å². The number of amides is 1. The van der Waals surface area contributed by atoms with Crippen molar-refractivity contribution in [1.29, 1.82) is 0 Å². The normalized spacial score (nSPS) is 14.3. The highest BCUT2D eigenvalue weighted by Gasteiger charge is 2.22. The van der Waals surface area contributed by atoms with Gasteiger partial charge in [0, 0.05) is 32.4 Å². The summed E-state index contributed by atoms with van der Waals surface area (Å²) < 4.78 is 5.67. The molecule has 0 radical (unpaired) electrons. The zero-order valence-corrected chi connectivity index (χ0v) is 15.9. The fraction of sp³-hybridized carbons (Fsp3) is 0.429. The summed E-state index contributed by atoms with van der Waals surface area (Å²) >= 11 is 0. The lowest BCUT2D eigenvalue weighted by Gasteiger charge is -2.36. The van der Waals surface area contributed by atoms with Gasteiger partial charge in [-0.3, -0.25) is 9.78 Å². The molecule has 1 aliphatic heterocycles. The number of piperazine rings is 1. The topological polar surface area (TPSA) is 71.7 Å². The Morgan fingerprint density at radius 1 is 1.15 bits per heavy atom. The minimum Gasteiger partial charge on any atom is -0.494 e. The van der Waals surface area contributed by atoms with E-state index in [1.807, 2.05) is 35.2 Å². The minimum absolute atomic E-state index is 0.161. The fourth-order valence-electron chi connectivity index (χ4n) is 3.18. The molecule has 0 saturated carbocycles. The van der Waals surface area contributed by atoms with Crippen molar-refractivity contribution in [3.05, 3.63) is 48.3 Å². The molecule has 1 aromatic carbocycles. The van der Waals surface area contributed by atoms with E-state index >= 15 is 0 Å². The molecule has 1 aromatic heterocycles. The monoisotopic (exact) mass is 368 g/mol. The molecule has 0 aliphatic carbocycles. The van der Waals surface area contributed by atoms with E-state index in [0.717, 1.165) is 55.2 Å². The van der Waals surface area contributed by atoms with Gasteiger partial charge in [-0.05, 0) is 30.2 Å². The van der Waals surface area contributed by atoms with E-state index in [1.54, 1.807) is 12.4 Å². The molecule has 6 nitrogen and oxygen atoms in total. The van der Waals surface area contributed by atoms with Crippen molar-refractivity contribution in [3.63, 3.8) is 0 Å². The van der Waals surface area contributed by atoms with Crippen LogP contribution >= 0.6 is 0 Å². The number of benzene rings is 1. The second-order valence-corrected chi connectivity index (χ2v) is 6.83. The number of hydrogen-bond acceptors (Lipinski definition) is 5. The van der Waals surface area contributed by atoms with Gasteiger partial charge in [0.15, 0.2) is 0 Å². The molecule has 2 N–H and O–H groups in total. The third-order valence-corrected chi connectivity index (χ3v) is 4.85. The first-order valence-electron chi connectivity index (χ1n) is 9.61. The molecule has 1 fully saturated rings. The molecule has 2 heterocycles. The molecule has 0 bridgehead atoms. The average molecular weight is 368 g/mol. The van der Waals surface area contributed by atoms with Gasteiger partial charge in [0.1, 0.15) is 5.75 Å². The third-order valence-electron chi connectivity index (χ3n) is 4.85. The van der Waals surface area contributed by atoms with E-state index in [4.69, 9.17) is 10.5 Å². The Labute approximate surface area is 160 Å². The minimum atomic E-state index is 0.161.